The Morgan fingerprint density at radius 2 is 2.20 bits per heavy atom. The van der Waals surface area contributed by atoms with Gasteiger partial charge in [0.2, 0.25) is 0 Å². The van der Waals surface area contributed by atoms with E-state index in [9.17, 15) is 18.4 Å². The van der Waals surface area contributed by atoms with Crippen LogP contribution in [0, 0.1) is 5.92 Å². The number of ether oxygens (including phenoxy) is 1. The van der Waals surface area contributed by atoms with E-state index in [0.29, 0.717) is 19.3 Å². The Morgan fingerprint density at radius 3 is 2.80 bits per heavy atom. The maximum atomic E-state index is 12.2. The first-order valence-electron chi connectivity index (χ1n) is 6.03. The number of aliphatic carboxylic acids is 1. The number of alkyl halides is 2. The molecular weight excluding hydrogens is 292 g/mol. The van der Waals surface area contributed by atoms with Gasteiger partial charge in [0, 0.05) is 6.04 Å². The normalized spacial score (nSPS) is 21.9. The van der Waals surface area contributed by atoms with Crippen molar-refractivity contribution >= 4 is 23.2 Å². The van der Waals surface area contributed by atoms with Crippen LogP contribution in [-0.4, -0.2) is 29.6 Å². The summed E-state index contributed by atoms with van der Waals surface area (Å²) in [7, 11) is 0. The lowest BCUT2D eigenvalue weighted by molar-refractivity contribution is -0.141. The number of carboxylic acid groups (broad SMARTS) is 1. The molecule has 1 fully saturated rings. The van der Waals surface area contributed by atoms with Crippen molar-refractivity contribution in [2.75, 3.05) is 0 Å². The van der Waals surface area contributed by atoms with Crippen LogP contribution in [0.4, 0.5) is 8.78 Å². The molecule has 2 rings (SSSR count). The van der Waals surface area contributed by atoms with Crippen molar-refractivity contribution in [1.82, 2.24) is 5.32 Å². The molecule has 0 unspecified atom stereocenters. The molecule has 1 aliphatic rings. The van der Waals surface area contributed by atoms with E-state index in [-0.39, 0.29) is 16.7 Å². The number of nitrogens with one attached hydrogen (secondary N) is 1. The Morgan fingerprint density at radius 1 is 1.45 bits per heavy atom. The van der Waals surface area contributed by atoms with Crippen LogP contribution in [0.5, 0.6) is 5.75 Å². The summed E-state index contributed by atoms with van der Waals surface area (Å²) >= 11 is 1.00. The highest BCUT2D eigenvalue weighted by atomic mass is 32.1. The molecule has 0 aliphatic heterocycles. The van der Waals surface area contributed by atoms with Crippen LogP contribution in [0.2, 0.25) is 0 Å². The van der Waals surface area contributed by atoms with Gasteiger partial charge in [-0.05, 0) is 30.7 Å². The maximum absolute atomic E-state index is 12.2. The molecule has 0 spiro atoms. The molecule has 0 saturated heterocycles. The van der Waals surface area contributed by atoms with Crippen molar-refractivity contribution in [2.24, 2.45) is 5.92 Å². The lowest BCUT2D eigenvalue weighted by atomic mass is 10.1. The average Bonchev–Trinajstić information content (AvgIpc) is 2.97. The lowest BCUT2D eigenvalue weighted by Crippen LogP contribution is -2.33. The smallest absolute Gasteiger partial charge is 0.387 e. The minimum Gasteiger partial charge on any atom is -0.481 e. The monoisotopic (exact) mass is 305 g/mol. The SMILES string of the molecule is O=C(N[C@H]1CC[C@@H](C(=O)O)C1)c1sccc1OC(F)F. The molecule has 0 radical (unpaired) electrons. The summed E-state index contributed by atoms with van der Waals surface area (Å²) in [6.07, 6.45) is 1.43. The highest BCUT2D eigenvalue weighted by molar-refractivity contribution is 7.12. The van der Waals surface area contributed by atoms with Crippen LogP contribution in [0.25, 0.3) is 0 Å². The molecule has 1 aromatic heterocycles. The molecule has 2 N–H and O–H groups in total. The van der Waals surface area contributed by atoms with Crippen molar-refractivity contribution in [2.45, 2.75) is 31.9 Å². The van der Waals surface area contributed by atoms with Gasteiger partial charge in [0.25, 0.3) is 5.91 Å². The second-order valence-corrected chi connectivity index (χ2v) is 5.43. The van der Waals surface area contributed by atoms with E-state index >= 15 is 0 Å². The van der Waals surface area contributed by atoms with Crippen molar-refractivity contribution < 1.29 is 28.2 Å². The van der Waals surface area contributed by atoms with Crippen LogP contribution in [0.3, 0.4) is 0 Å². The highest BCUT2D eigenvalue weighted by Gasteiger charge is 2.31. The number of thiophene rings is 1. The number of hydrogen-bond donors (Lipinski definition) is 2. The fourth-order valence-corrected chi connectivity index (χ4v) is 2.97. The zero-order valence-electron chi connectivity index (χ0n) is 10.3. The van der Waals surface area contributed by atoms with E-state index in [1.54, 1.807) is 0 Å². The molecule has 8 heteroatoms. The van der Waals surface area contributed by atoms with Crippen LogP contribution >= 0.6 is 11.3 Å². The summed E-state index contributed by atoms with van der Waals surface area (Å²) in [4.78, 5) is 22.9. The summed E-state index contributed by atoms with van der Waals surface area (Å²) in [5.74, 6) is -2.00. The Hall–Kier alpha value is -1.70. The van der Waals surface area contributed by atoms with Crippen LogP contribution in [0.15, 0.2) is 11.4 Å². The number of carbonyl (C=O) groups is 2. The van der Waals surface area contributed by atoms with Crippen molar-refractivity contribution in [1.29, 1.82) is 0 Å². The lowest BCUT2D eigenvalue weighted by Gasteiger charge is -2.12. The molecule has 0 aromatic carbocycles. The molecule has 1 aliphatic carbocycles. The molecule has 20 heavy (non-hydrogen) atoms. The zero-order valence-corrected chi connectivity index (χ0v) is 11.2. The van der Waals surface area contributed by atoms with Crippen molar-refractivity contribution in [3.05, 3.63) is 16.3 Å². The van der Waals surface area contributed by atoms with E-state index in [0.717, 1.165) is 11.3 Å². The van der Waals surface area contributed by atoms with E-state index in [2.05, 4.69) is 10.1 Å². The number of hydrogen-bond acceptors (Lipinski definition) is 4. The van der Waals surface area contributed by atoms with Gasteiger partial charge in [-0.15, -0.1) is 11.3 Å². The Kier molecular flexibility index (Phi) is 4.53. The van der Waals surface area contributed by atoms with Crippen molar-refractivity contribution in [3.8, 4) is 5.75 Å². The number of rotatable bonds is 5. The van der Waals surface area contributed by atoms with Crippen LogP contribution in [0.1, 0.15) is 28.9 Å². The quantitative estimate of drug-likeness (QED) is 0.875. The van der Waals surface area contributed by atoms with E-state index in [4.69, 9.17) is 5.11 Å². The van der Waals surface area contributed by atoms with E-state index in [1.165, 1.54) is 11.4 Å². The molecule has 5 nitrogen and oxygen atoms in total. The van der Waals surface area contributed by atoms with Gasteiger partial charge in [0.05, 0.1) is 5.92 Å². The minimum atomic E-state index is -2.99. The largest absolute Gasteiger partial charge is 0.481 e. The number of carboxylic acids is 1. The third-order valence-corrected chi connectivity index (χ3v) is 4.06. The summed E-state index contributed by atoms with van der Waals surface area (Å²) in [6.45, 7) is -2.99. The second-order valence-electron chi connectivity index (χ2n) is 4.51. The molecule has 1 aromatic rings. The first-order chi connectivity index (χ1) is 9.47. The molecule has 1 saturated carbocycles. The number of amides is 1. The van der Waals surface area contributed by atoms with Gasteiger partial charge in [0.15, 0.2) is 0 Å². The van der Waals surface area contributed by atoms with Gasteiger partial charge in [-0.3, -0.25) is 9.59 Å². The topological polar surface area (TPSA) is 75.6 Å². The van der Waals surface area contributed by atoms with E-state index in [1.807, 2.05) is 0 Å². The first kappa shape index (κ1) is 14.7. The Bertz CT molecular complexity index is 505. The van der Waals surface area contributed by atoms with Gasteiger partial charge >= 0.3 is 12.6 Å². The molecule has 2 atom stereocenters. The number of carbonyl (C=O) groups excluding carboxylic acids is 1. The molecule has 0 bridgehead atoms. The Labute approximate surface area is 117 Å². The fourth-order valence-electron chi connectivity index (χ4n) is 2.24. The predicted molar refractivity (Wildman–Crippen MR) is 67.2 cm³/mol. The summed E-state index contributed by atoms with van der Waals surface area (Å²) < 4.78 is 28.6. The first-order valence-corrected chi connectivity index (χ1v) is 6.91. The third-order valence-electron chi connectivity index (χ3n) is 3.17. The molecule has 1 heterocycles. The minimum absolute atomic E-state index is 0.0732. The van der Waals surface area contributed by atoms with Crippen LogP contribution in [-0.2, 0) is 4.79 Å². The second kappa shape index (κ2) is 6.17. The summed E-state index contributed by atoms with van der Waals surface area (Å²) in [5, 5.41) is 13.0. The third kappa shape index (κ3) is 3.44. The van der Waals surface area contributed by atoms with Gasteiger partial charge < -0.3 is 15.2 Å². The van der Waals surface area contributed by atoms with Gasteiger partial charge in [0.1, 0.15) is 10.6 Å². The summed E-state index contributed by atoms with van der Waals surface area (Å²) in [6, 6.07) is 1.06. The zero-order chi connectivity index (χ0) is 14.7. The van der Waals surface area contributed by atoms with E-state index < -0.39 is 24.4 Å². The average molecular weight is 305 g/mol. The van der Waals surface area contributed by atoms with Gasteiger partial charge in [-0.2, -0.15) is 8.78 Å². The molecule has 110 valence electrons. The predicted octanol–water partition coefficient (Wildman–Crippen LogP) is 2.33. The van der Waals surface area contributed by atoms with Gasteiger partial charge in [-0.25, -0.2) is 0 Å². The molecular formula is C12H13F2NO4S. The maximum Gasteiger partial charge on any atom is 0.387 e. The number of halogens is 2. The Balaban J connectivity index is 1.96. The van der Waals surface area contributed by atoms with Crippen LogP contribution < -0.4 is 10.1 Å². The van der Waals surface area contributed by atoms with Gasteiger partial charge in [-0.1, -0.05) is 0 Å². The summed E-state index contributed by atoms with van der Waals surface area (Å²) in [5.41, 5.74) is 0. The standard InChI is InChI=1S/C12H13F2NO4S/c13-12(14)19-8-3-4-20-9(8)10(16)15-7-2-1-6(5-7)11(17)18/h3-4,6-7,12H,1-2,5H2,(H,15,16)(H,17,18)/t6-,7+/m1/s1. The fraction of sp³-hybridized carbons (Fsp3) is 0.500. The molecule has 1 amide bonds. The van der Waals surface area contributed by atoms with Crippen molar-refractivity contribution in [3.63, 3.8) is 0 Å². The highest BCUT2D eigenvalue weighted by Crippen LogP contribution is 2.29.